The fourth-order valence-electron chi connectivity index (χ4n) is 2.25. The molecule has 0 bridgehead atoms. The van der Waals surface area contributed by atoms with Gasteiger partial charge in [-0.1, -0.05) is 11.6 Å². The van der Waals surface area contributed by atoms with Crippen LogP contribution in [0.2, 0.25) is 5.02 Å². The summed E-state index contributed by atoms with van der Waals surface area (Å²) in [6, 6.07) is 4.91. The van der Waals surface area contributed by atoms with E-state index in [-0.39, 0.29) is 18.6 Å². The maximum Gasteiger partial charge on any atom is 0.225 e. The number of amides is 1. The van der Waals surface area contributed by atoms with Gasteiger partial charge < -0.3 is 20.9 Å². The molecule has 0 saturated carbocycles. The molecule has 1 aromatic carbocycles. The molecular formula is C14H20ClN3O3. The van der Waals surface area contributed by atoms with Crippen LogP contribution in [0.15, 0.2) is 18.2 Å². The summed E-state index contributed by atoms with van der Waals surface area (Å²) in [4.78, 5) is 14.0. The Morgan fingerprint density at radius 1 is 1.57 bits per heavy atom. The minimum absolute atomic E-state index is 0.0306. The molecule has 1 aliphatic rings. The number of aliphatic hydroxyl groups excluding tert-OH is 1. The van der Waals surface area contributed by atoms with E-state index < -0.39 is 0 Å². The van der Waals surface area contributed by atoms with Crippen molar-refractivity contribution in [3.8, 4) is 0 Å². The Balaban J connectivity index is 1.85. The van der Waals surface area contributed by atoms with Gasteiger partial charge in [0.15, 0.2) is 0 Å². The van der Waals surface area contributed by atoms with Crippen LogP contribution in [0.1, 0.15) is 6.42 Å². The normalized spacial score (nSPS) is 19.4. The van der Waals surface area contributed by atoms with E-state index in [0.717, 1.165) is 6.54 Å². The number of halogens is 1. The Morgan fingerprint density at radius 3 is 3.14 bits per heavy atom. The third kappa shape index (κ3) is 4.57. The number of nitrogens with one attached hydrogen (secondary N) is 1. The van der Waals surface area contributed by atoms with E-state index in [9.17, 15) is 9.90 Å². The van der Waals surface area contributed by atoms with Crippen LogP contribution in [0, 0.1) is 0 Å². The van der Waals surface area contributed by atoms with Crippen molar-refractivity contribution in [1.29, 1.82) is 0 Å². The number of benzene rings is 1. The summed E-state index contributed by atoms with van der Waals surface area (Å²) >= 11 is 5.88. The molecule has 21 heavy (non-hydrogen) atoms. The van der Waals surface area contributed by atoms with E-state index in [1.54, 1.807) is 18.2 Å². The van der Waals surface area contributed by atoms with E-state index in [2.05, 4.69) is 10.2 Å². The zero-order valence-electron chi connectivity index (χ0n) is 11.7. The van der Waals surface area contributed by atoms with E-state index >= 15 is 0 Å². The van der Waals surface area contributed by atoms with Gasteiger partial charge in [0.25, 0.3) is 0 Å². The lowest BCUT2D eigenvalue weighted by Crippen LogP contribution is -2.48. The highest BCUT2D eigenvalue weighted by atomic mass is 35.5. The average Bonchev–Trinajstić information content (AvgIpc) is 2.49. The minimum atomic E-state index is -0.132. The molecule has 1 heterocycles. The van der Waals surface area contributed by atoms with Gasteiger partial charge in [-0.25, -0.2) is 0 Å². The number of carbonyl (C=O) groups excluding carboxylic acids is 1. The number of morpholine rings is 1. The monoisotopic (exact) mass is 313 g/mol. The minimum Gasteiger partial charge on any atom is -0.397 e. The van der Waals surface area contributed by atoms with Crippen molar-refractivity contribution >= 4 is 28.9 Å². The van der Waals surface area contributed by atoms with E-state index in [4.69, 9.17) is 22.1 Å². The number of carbonyl (C=O) groups is 1. The van der Waals surface area contributed by atoms with Crippen LogP contribution in [-0.2, 0) is 9.53 Å². The summed E-state index contributed by atoms with van der Waals surface area (Å²) in [5, 5.41) is 12.6. The summed E-state index contributed by atoms with van der Waals surface area (Å²) in [7, 11) is 0. The Kier molecular flexibility index (Phi) is 5.81. The fraction of sp³-hybridized carbons (Fsp3) is 0.500. The Morgan fingerprint density at radius 2 is 2.38 bits per heavy atom. The van der Waals surface area contributed by atoms with Gasteiger partial charge in [-0.15, -0.1) is 0 Å². The number of aliphatic hydroxyl groups is 1. The van der Waals surface area contributed by atoms with Gasteiger partial charge in [0.1, 0.15) is 0 Å². The number of nitrogens with two attached hydrogens (primary N) is 1. The summed E-state index contributed by atoms with van der Waals surface area (Å²) in [6.45, 7) is 2.44. The van der Waals surface area contributed by atoms with Gasteiger partial charge in [0, 0.05) is 24.5 Å². The van der Waals surface area contributed by atoms with Crippen molar-refractivity contribution in [2.75, 3.05) is 44.0 Å². The summed E-state index contributed by atoms with van der Waals surface area (Å²) in [5.41, 5.74) is 6.79. The molecule has 6 nitrogen and oxygen atoms in total. The molecule has 2 rings (SSSR count). The number of nitrogen functional groups attached to an aromatic ring is 1. The first-order valence-corrected chi connectivity index (χ1v) is 7.25. The van der Waals surface area contributed by atoms with Gasteiger partial charge in [-0.3, -0.25) is 9.69 Å². The molecule has 1 aliphatic heterocycles. The smallest absolute Gasteiger partial charge is 0.225 e. The highest BCUT2D eigenvalue weighted by Crippen LogP contribution is 2.23. The average molecular weight is 314 g/mol. The lowest BCUT2D eigenvalue weighted by Gasteiger charge is -2.34. The highest BCUT2D eigenvalue weighted by Gasteiger charge is 2.22. The van der Waals surface area contributed by atoms with Crippen molar-refractivity contribution < 1.29 is 14.6 Å². The Hall–Kier alpha value is -1.34. The quantitative estimate of drug-likeness (QED) is 0.704. The maximum absolute atomic E-state index is 12.0. The second-order valence-corrected chi connectivity index (χ2v) is 5.41. The van der Waals surface area contributed by atoms with Crippen molar-refractivity contribution in [3.63, 3.8) is 0 Å². The molecule has 0 aromatic heterocycles. The third-order valence-electron chi connectivity index (χ3n) is 3.48. The van der Waals surface area contributed by atoms with Gasteiger partial charge in [0.05, 0.1) is 37.2 Å². The fourth-order valence-corrected chi connectivity index (χ4v) is 2.42. The molecule has 1 saturated heterocycles. The molecule has 0 aliphatic carbocycles. The van der Waals surface area contributed by atoms with Crippen LogP contribution in [-0.4, -0.2) is 54.9 Å². The molecule has 1 unspecified atom stereocenters. The number of anilines is 2. The van der Waals surface area contributed by atoms with E-state index in [0.29, 0.717) is 42.6 Å². The van der Waals surface area contributed by atoms with Crippen molar-refractivity contribution in [1.82, 2.24) is 4.90 Å². The first kappa shape index (κ1) is 16.0. The zero-order valence-corrected chi connectivity index (χ0v) is 12.5. The van der Waals surface area contributed by atoms with Gasteiger partial charge >= 0.3 is 0 Å². The first-order valence-electron chi connectivity index (χ1n) is 6.87. The van der Waals surface area contributed by atoms with Crippen molar-refractivity contribution in [2.24, 2.45) is 0 Å². The number of ether oxygens (including phenoxy) is 1. The van der Waals surface area contributed by atoms with Crippen LogP contribution >= 0.6 is 11.6 Å². The molecule has 4 N–H and O–H groups in total. The van der Waals surface area contributed by atoms with E-state index in [1.807, 2.05) is 0 Å². The van der Waals surface area contributed by atoms with Gasteiger partial charge in [0.2, 0.25) is 5.91 Å². The van der Waals surface area contributed by atoms with Crippen molar-refractivity contribution in [2.45, 2.75) is 12.5 Å². The van der Waals surface area contributed by atoms with Crippen LogP contribution in [0.5, 0.6) is 0 Å². The lowest BCUT2D eigenvalue weighted by atomic mass is 10.2. The predicted octanol–water partition coefficient (Wildman–Crippen LogP) is 0.944. The molecule has 1 fully saturated rings. The van der Waals surface area contributed by atoms with Gasteiger partial charge in [-0.05, 0) is 18.2 Å². The topological polar surface area (TPSA) is 87.8 Å². The molecule has 1 amide bonds. The molecule has 1 aromatic rings. The van der Waals surface area contributed by atoms with Crippen LogP contribution in [0.4, 0.5) is 11.4 Å². The summed E-state index contributed by atoms with van der Waals surface area (Å²) in [6.07, 6.45) is 0.322. The second-order valence-electron chi connectivity index (χ2n) is 4.98. The van der Waals surface area contributed by atoms with Crippen LogP contribution in [0.3, 0.4) is 0 Å². The number of rotatable bonds is 5. The largest absolute Gasteiger partial charge is 0.397 e. The first-order chi connectivity index (χ1) is 10.1. The molecule has 1 atom stereocenters. The lowest BCUT2D eigenvalue weighted by molar-refractivity contribution is -0.117. The summed E-state index contributed by atoms with van der Waals surface area (Å²) in [5.74, 6) is -0.132. The maximum atomic E-state index is 12.0. The Labute approximate surface area is 128 Å². The highest BCUT2D eigenvalue weighted by molar-refractivity contribution is 6.31. The SMILES string of the molecule is Nc1ccc(Cl)cc1NC(=O)CCN1CCOCC1CO. The molecule has 0 radical (unpaired) electrons. The standard InChI is InChI=1S/C14H20ClN3O3/c15-10-1-2-12(16)13(7-10)17-14(20)3-4-18-5-6-21-9-11(18)8-19/h1-2,7,11,19H,3-6,8-9,16H2,(H,17,20). The van der Waals surface area contributed by atoms with Crippen molar-refractivity contribution in [3.05, 3.63) is 23.2 Å². The number of hydrogen-bond acceptors (Lipinski definition) is 5. The second kappa shape index (κ2) is 7.61. The summed E-state index contributed by atoms with van der Waals surface area (Å²) < 4.78 is 5.30. The molecular weight excluding hydrogens is 294 g/mol. The van der Waals surface area contributed by atoms with Crippen LogP contribution in [0.25, 0.3) is 0 Å². The number of hydrogen-bond donors (Lipinski definition) is 3. The third-order valence-corrected chi connectivity index (χ3v) is 3.71. The van der Waals surface area contributed by atoms with E-state index in [1.165, 1.54) is 0 Å². The van der Waals surface area contributed by atoms with Gasteiger partial charge in [-0.2, -0.15) is 0 Å². The van der Waals surface area contributed by atoms with Crippen LogP contribution < -0.4 is 11.1 Å². The zero-order chi connectivity index (χ0) is 15.2. The predicted molar refractivity (Wildman–Crippen MR) is 82.4 cm³/mol. The molecule has 116 valence electrons. The Bertz CT molecular complexity index is 498. The number of nitrogens with zero attached hydrogens (tertiary/aromatic N) is 1. The molecule has 7 heteroatoms. The molecule has 0 spiro atoms.